The molecule has 0 amide bonds. The summed E-state index contributed by atoms with van der Waals surface area (Å²) in [4.78, 5) is 4.29. The minimum atomic E-state index is 0.293. The molecule has 0 spiro atoms. The number of methoxy groups -OCH3 is 1. The predicted octanol–water partition coefficient (Wildman–Crippen LogP) is 1.83. The molecule has 90 valence electrons. The third-order valence-corrected chi connectivity index (χ3v) is 2.59. The Balaban J connectivity index is 2.10. The molecule has 0 unspecified atom stereocenters. The molecule has 0 aliphatic carbocycles. The number of imidazole rings is 1. The van der Waals surface area contributed by atoms with Crippen molar-refractivity contribution in [1.82, 2.24) is 9.55 Å². The van der Waals surface area contributed by atoms with Crippen molar-refractivity contribution in [3.8, 4) is 5.75 Å². The summed E-state index contributed by atoms with van der Waals surface area (Å²) < 4.78 is 7.11. The average Bonchev–Trinajstić information content (AvgIpc) is 2.74. The topological polar surface area (TPSA) is 47.3 Å². The summed E-state index contributed by atoms with van der Waals surface area (Å²) in [7, 11) is 1.68. The van der Waals surface area contributed by atoms with E-state index in [-0.39, 0.29) is 0 Å². The number of aromatic hydroxyl groups is 1. The van der Waals surface area contributed by atoms with E-state index in [2.05, 4.69) is 9.55 Å². The predicted molar refractivity (Wildman–Crippen MR) is 65.0 cm³/mol. The second-order valence-corrected chi connectivity index (χ2v) is 3.88. The number of phenols is 1. The van der Waals surface area contributed by atoms with Crippen LogP contribution in [0.1, 0.15) is 11.4 Å². The zero-order chi connectivity index (χ0) is 12.1. The number of phenolic OH excluding ortho intramolecular Hbond substituents is 1. The summed E-state index contributed by atoms with van der Waals surface area (Å²) in [5.41, 5.74) is 1.06. The first-order valence-corrected chi connectivity index (χ1v) is 5.56. The second-order valence-electron chi connectivity index (χ2n) is 3.88. The number of ether oxygens (including phenoxy) is 1. The summed E-state index contributed by atoms with van der Waals surface area (Å²) in [5, 5.41) is 9.41. The van der Waals surface area contributed by atoms with E-state index in [0.717, 1.165) is 17.8 Å². The minimum absolute atomic E-state index is 0.293. The fourth-order valence-corrected chi connectivity index (χ4v) is 1.76. The number of nitrogens with zero attached hydrogens (tertiary/aromatic N) is 2. The first-order chi connectivity index (χ1) is 8.29. The van der Waals surface area contributed by atoms with Crippen LogP contribution in [0.3, 0.4) is 0 Å². The van der Waals surface area contributed by atoms with Gasteiger partial charge >= 0.3 is 0 Å². The molecule has 0 aliphatic heterocycles. The van der Waals surface area contributed by atoms with E-state index in [0.29, 0.717) is 18.9 Å². The van der Waals surface area contributed by atoms with Crippen molar-refractivity contribution in [1.29, 1.82) is 0 Å². The highest BCUT2D eigenvalue weighted by Gasteiger charge is 2.03. The third kappa shape index (κ3) is 3.07. The van der Waals surface area contributed by atoms with E-state index in [9.17, 15) is 5.11 Å². The normalized spacial score (nSPS) is 10.6. The molecule has 1 aromatic carbocycles. The van der Waals surface area contributed by atoms with Crippen molar-refractivity contribution in [3.05, 3.63) is 48.0 Å². The molecule has 1 heterocycles. The van der Waals surface area contributed by atoms with Gasteiger partial charge in [0.15, 0.2) is 0 Å². The van der Waals surface area contributed by atoms with E-state index in [1.165, 1.54) is 0 Å². The zero-order valence-electron chi connectivity index (χ0n) is 9.84. The fourth-order valence-electron chi connectivity index (χ4n) is 1.76. The Morgan fingerprint density at radius 2 is 2.29 bits per heavy atom. The standard InChI is InChI=1S/C13H16N2O2/c1-17-8-5-13-14-6-7-15(13)10-11-3-2-4-12(16)9-11/h2-4,6-7,9,16H,5,8,10H2,1H3. The van der Waals surface area contributed by atoms with Gasteiger partial charge in [-0.25, -0.2) is 4.98 Å². The van der Waals surface area contributed by atoms with Gasteiger partial charge in [0.05, 0.1) is 6.61 Å². The molecule has 0 aliphatic rings. The van der Waals surface area contributed by atoms with Crippen molar-refractivity contribution in [3.63, 3.8) is 0 Å². The van der Waals surface area contributed by atoms with E-state index in [1.54, 1.807) is 25.4 Å². The number of hydrogen-bond acceptors (Lipinski definition) is 3. The maximum absolute atomic E-state index is 9.41. The zero-order valence-corrected chi connectivity index (χ0v) is 9.84. The van der Waals surface area contributed by atoms with Gasteiger partial charge in [0, 0.05) is 32.5 Å². The van der Waals surface area contributed by atoms with Crippen molar-refractivity contribution < 1.29 is 9.84 Å². The van der Waals surface area contributed by atoms with E-state index in [1.807, 2.05) is 18.3 Å². The second kappa shape index (κ2) is 5.50. The first-order valence-electron chi connectivity index (χ1n) is 5.56. The smallest absolute Gasteiger partial charge is 0.115 e. The maximum atomic E-state index is 9.41. The van der Waals surface area contributed by atoms with Crippen LogP contribution < -0.4 is 0 Å². The summed E-state index contributed by atoms with van der Waals surface area (Å²) in [6.07, 6.45) is 4.52. The van der Waals surface area contributed by atoms with Crippen LogP contribution in [0.15, 0.2) is 36.7 Å². The van der Waals surface area contributed by atoms with Crippen LogP contribution in [-0.2, 0) is 17.7 Å². The molecule has 1 N–H and O–H groups in total. The molecule has 0 fully saturated rings. The van der Waals surface area contributed by atoms with Crippen molar-refractivity contribution in [2.45, 2.75) is 13.0 Å². The number of hydrogen-bond donors (Lipinski definition) is 1. The lowest BCUT2D eigenvalue weighted by molar-refractivity contribution is 0.199. The quantitative estimate of drug-likeness (QED) is 0.855. The van der Waals surface area contributed by atoms with Gasteiger partial charge in [-0.3, -0.25) is 0 Å². The third-order valence-electron chi connectivity index (χ3n) is 2.59. The monoisotopic (exact) mass is 232 g/mol. The van der Waals surface area contributed by atoms with Crippen LogP contribution in [0.4, 0.5) is 0 Å². The number of aromatic nitrogens is 2. The van der Waals surface area contributed by atoms with Gasteiger partial charge in [-0.05, 0) is 17.7 Å². The Bertz CT molecular complexity index is 480. The molecule has 1 aromatic heterocycles. The maximum Gasteiger partial charge on any atom is 0.115 e. The Morgan fingerprint density at radius 3 is 3.06 bits per heavy atom. The molecule has 0 bridgehead atoms. The molecule has 4 heteroatoms. The summed E-state index contributed by atoms with van der Waals surface area (Å²) in [5.74, 6) is 1.29. The Kier molecular flexibility index (Phi) is 3.77. The molecule has 2 rings (SSSR count). The van der Waals surface area contributed by atoms with Crippen molar-refractivity contribution >= 4 is 0 Å². The van der Waals surface area contributed by atoms with E-state index in [4.69, 9.17) is 4.74 Å². The first kappa shape index (κ1) is 11.7. The molecule has 4 nitrogen and oxygen atoms in total. The van der Waals surface area contributed by atoms with Gasteiger partial charge in [0.25, 0.3) is 0 Å². The molecule has 0 saturated heterocycles. The highest BCUT2D eigenvalue weighted by Crippen LogP contribution is 2.13. The van der Waals surface area contributed by atoms with E-state index < -0.39 is 0 Å². The van der Waals surface area contributed by atoms with Crippen LogP contribution in [0.25, 0.3) is 0 Å². The summed E-state index contributed by atoms with van der Waals surface area (Å²) >= 11 is 0. The van der Waals surface area contributed by atoms with Gasteiger partial charge in [-0.15, -0.1) is 0 Å². The Labute approximate surface area is 100 Å². The van der Waals surface area contributed by atoms with Crippen LogP contribution in [0, 0.1) is 0 Å². The van der Waals surface area contributed by atoms with Crippen molar-refractivity contribution in [2.75, 3.05) is 13.7 Å². The van der Waals surface area contributed by atoms with Crippen LogP contribution in [-0.4, -0.2) is 28.4 Å². The summed E-state index contributed by atoms with van der Waals surface area (Å²) in [6.45, 7) is 1.38. The molecule has 2 aromatic rings. The highest BCUT2D eigenvalue weighted by molar-refractivity contribution is 5.27. The van der Waals surface area contributed by atoms with Gasteiger partial charge in [0.2, 0.25) is 0 Å². The molecular weight excluding hydrogens is 216 g/mol. The van der Waals surface area contributed by atoms with Crippen LogP contribution in [0.2, 0.25) is 0 Å². The average molecular weight is 232 g/mol. The molecule has 0 radical (unpaired) electrons. The molecular formula is C13H16N2O2. The SMILES string of the molecule is COCCc1nccn1Cc1cccc(O)c1. The molecule has 0 saturated carbocycles. The largest absolute Gasteiger partial charge is 0.508 e. The molecule has 0 atom stereocenters. The Hall–Kier alpha value is -1.81. The molecule has 17 heavy (non-hydrogen) atoms. The van der Waals surface area contributed by atoms with E-state index >= 15 is 0 Å². The lowest BCUT2D eigenvalue weighted by Crippen LogP contribution is -2.07. The van der Waals surface area contributed by atoms with Crippen LogP contribution >= 0.6 is 0 Å². The van der Waals surface area contributed by atoms with Crippen LogP contribution in [0.5, 0.6) is 5.75 Å². The van der Waals surface area contributed by atoms with Gasteiger partial charge in [-0.1, -0.05) is 12.1 Å². The van der Waals surface area contributed by atoms with Crippen molar-refractivity contribution in [2.24, 2.45) is 0 Å². The highest BCUT2D eigenvalue weighted by atomic mass is 16.5. The number of rotatable bonds is 5. The van der Waals surface area contributed by atoms with Gasteiger partial charge < -0.3 is 14.4 Å². The van der Waals surface area contributed by atoms with Gasteiger partial charge in [-0.2, -0.15) is 0 Å². The minimum Gasteiger partial charge on any atom is -0.508 e. The lowest BCUT2D eigenvalue weighted by Gasteiger charge is -2.08. The lowest BCUT2D eigenvalue weighted by atomic mass is 10.2. The fraction of sp³-hybridized carbons (Fsp3) is 0.308. The van der Waals surface area contributed by atoms with Gasteiger partial charge in [0.1, 0.15) is 11.6 Å². The summed E-state index contributed by atoms with van der Waals surface area (Å²) in [6, 6.07) is 7.26. The Morgan fingerprint density at radius 1 is 1.41 bits per heavy atom. The number of benzene rings is 1.